The van der Waals surface area contributed by atoms with Gasteiger partial charge in [0.15, 0.2) is 0 Å². The van der Waals surface area contributed by atoms with Gasteiger partial charge >= 0.3 is 5.97 Å². The quantitative estimate of drug-likeness (QED) is 0.333. The van der Waals surface area contributed by atoms with Gasteiger partial charge in [-0.25, -0.2) is 5.01 Å². The van der Waals surface area contributed by atoms with Gasteiger partial charge in [-0.2, -0.15) is 5.10 Å². The summed E-state index contributed by atoms with van der Waals surface area (Å²) >= 11 is 6.35. The number of nitrogens with zero attached hydrogens (tertiary/aromatic N) is 2. The highest BCUT2D eigenvalue weighted by Crippen LogP contribution is 2.40. The number of ether oxygens (including phenoxy) is 1. The van der Waals surface area contributed by atoms with Crippen LogP contribution in [-0.2, 0) is 9.59 Å². The average molecular weight is 530 g/mol. The Morgan fingerprint density at radius 2 is 1.79 bits per heavy atom. The first-order valence-corrected chi connectivity index (χ1v) is 12.4. The zero-order valence-corrected chi connectivity index (χ0v) is 21.2. The number of rotatable bonds is 7. The van der Waals surface area contributed by atoms with Crippen LogP contribution in [0.25, 0.3) is 22.0 Å². The van der Waals surface area contributed by atoms with Crippen LogP contribution in [-0.4, -0.2) is 39.8 Å². The number of para-hydroxylation sites is 1. The molecule has 1 atom stereocenters. The number of amides is 1. The Hall–Kier alpha value is -4.43. The molecule has 1 aromatic heterocycles. The summed E-state index contributed by atoms with van der Waals surface area (Å²) in [5.41, 5.74) is 3.18. The number of methoxy groups -OCH3 is 1. The van der Waals surface area contributed by atoms with Gasteiger partial charge in [-0.15, -0.1) is 0 Å². The van der Waals surface area contributed by atoms with Crippen molar-refractivity contribution >= 4 is 40.1 Å². The highest BCUT2D eigenvalue weighted by atomic mass is 35.5. The summed E-state index contributed by atoms with van der Waals surface area (Å²) in [6, 6.07) is 21.4. The number of pyridine rings is 1. The topological polar surface area (TPSA) is 112 Å². The number of nitrogens with one attached hydrogen (secondary N) is 1. The molecule has 2 heterocycles. The molecule has 5 rings (SSSR count). The van der Waals surface area contributed by atoms with E-state index < -0.39 is 17.9 Å². The van der Waals surface area contributed by atoms with E-state index in [9.17, 15) is 14.4 Å². The van der Waals surface area contributed by atoms with Crippen molar-refractivity contribution in [1.29, 1.82) is 0 Å². The van der Waals surface area contributed by atoms with Crippen LogP contribution in [0, 0.1) is 0 Å². The molecule has 0 bridgehead atoms. The smallest absolute Gasteiger partial charge is 0.303 e. The molecular weight excluding hydrogens is 506 g/mol. The van der Waals surface area contributed by atoms with Crippen LogP contribution < -0.4 is 10.3 Å². The van der Waals surface area contributed by atoms with Gasteiger partial charge < -0.3 is 14.8 Å². The lowest BCUT2D eigenvalue weighted by atomic mass is 9.91. The lowest BCUT2D eigenvalue weighted by Gasteiger charge is -2.23. The Kier molecular flexibility index (Phi) is 6.98. The van der Waals surface area contributed by atoms with Crippen LogP contribution in [0.4, 0.5) is 0 Å². The van der Waals surface area contributed by atoms with Crippen molar-refractivity contribution in [3.8, 4) is 16.9 Å². The summed E-state index contributed by atoms with van der Waals surface area (Å²) in [6.45, 7) is 0. The van der Waals surface area contributed by atoms with E-state index in [1.807, 2.05) is 48.5 Å². The number of hydrogen-bond acceptors (Lipinski definition) is 5. The molecule has 0 saturated carbocycles. The normalized spacial score (nSPS) is 14.9. The second kappa shape index (κ2) is 10.5. The van der Waals surface area contributed by atoms with Crippen LogP contribution in [0.3, 0.4) is 0 Å². The van der Waals surface area contributed by atoms with Crippen molar-refractivity contribution in [2.24, 2.45) is 5.10 Å². The molecule has 1 amide bonds. The molecule has 0 fully saturated rings. The van der Waals surface area contributed by atoms with E-state index in [4.69, 9.17) is 21.4 Å². The SMILES string of the molecule is COc1ccccc1[C@H]1CC(c2c(-c3ccccc3)c3cc(Cl)ccc3[nH]c2=O)=NN1C(=O)CCC(=O)O. The third-order valence-corrected chi connectivity index (χ3v) is 6.78. The molecule has 38 heavy (non-hydrogen) atoms. The highest BCUT2D eigenvalue weighted by Gasteiger charge is 2.36. The molecule has 0 saturated heterocycles. The molecule has 192 valence electrons. The molecule has 9 heteroatoms. The van der Waals surface area contributed by atoms with Gasteiger partial charge in [-0.05, 0) is 29.8 Å². The number of aromatic nitrogens is 1. The van der Waals surface area contributed by atoms with E-state index in [1.54, 1.807) is 24.3 Å². The number of carbonyl (C=O) groups is 2. The molecule has 3 aromatic carbocycles. The van der Waals surface area contributed by atoms with Crippen molar-refractivity contribution in [3.05, 3.63) is 99.3 Å². The van der Waals surface area contributed by atoms with Crippen molar-refractivity contribution < 1.29 is 19.4 Å². The number of halogens is 1. The largest absolute Gasteiger partial charge is 0.496 e. The zero-order chi connectivity index (χ0) is 26.8. The summed E-state index contributed by atoms with van der Waals surface area (Å²) in [5, 5.41) is 16.3. The first-order valence-electron chi connectivity index (χ1n) is 12.0. The molecule has 0 radical (unpaired) electrons. The van der Waals surface area contributed by atoms with Crippen LogP contribution >= 0.6 is 11.6 Å². The maximum Gasteiger partial charge on any atom is 0.303 e. The number of H-pyrrole nitrogens is 1. The highest BCUT2D eigenvalue weighted by molar-refractivity contribution is 6.31. The lowest BCUT2D eigenvalue weighted by molar-refractivity contribution is -0.141. The van der Waals surface area contributed by atoms with Crippen molar-refractivity contribution in [3.63, 3.8) is 0 Å². The first-order chi connectivity index (χ1) is 18.4. The van der Waals surface area contributed by atoms with Crippen LogP contribution in [0.1, 0.15) is 36.4 Å². The number of fused-ring (bicyclic) bond motifs is 1. The van der Waals surface area contributed by atoms with E-state index in [0.717, 1.165) is 10.9 Å². The zero-order valence-electron chi connectivity index (χ0n) is 20.5. The van der Waals surface area contributed by atoms with Gasteiger partial charge in [0.25, 0.3) is 5.56 Å². The fourth-order valence-electron chi connectivity index (χ4n) is 4.85. The summed E-state index contributed by atoms with van der Waals surface area (Å²) in [5.74, 6) is -0.975. The molecule has 4 aromatic rings. The maximum atomic E-state index is 13.6. The number of carboxylic acids is 1. The van der Waals surface area contributed by atoms with E-state index >= 15 is 0 Å². The molecule has 2 N–H and O–H groups in total. The third-order valence-electron chi connectivity index (χ3n) is 6.54. The van der Waals surface area contributed by atoms with Gasteiger partial charge in [0.05, 0.1) is 30.8 Å². The number of carbonyl (C=O) groups excluding carboxylic acids is 1. The Morgan fingerprint density at radius 1 is 1.05 bits per heavy atom. The number of hydrazone groups is 1. The Morgan fingerprint density at radius 3 is 2.53 bits per heavy atom. The predicted octanol–water partition coefficient (Wildman–Crippen LogP) is 5.40. The fraction of sp³-hybridized carbons (Fsp3) is 0.172. The lowest BCUT2D eigenvalue weighted by Crippen LogP contribution is -2.27. The minimum absolute atomic E-state index is 0.229. The number of aromatic amines is 1. The number of carboxylic acid groups (broad SMARTS) is 1. The molecule has 1 aliphatic rings. The molecular formula is C29H24ClN3O5. The summed E-state index contributed by atoms with van der Waals surface area (Å²) in [7, 11) is 1.54. The van der Waals surface area contributed by atoms with Gasteiger partial charge in [-0.1, -0.05) is 60.1 Å². The first kappa shape index (κ1) is 25.2. The van der Waals surface area contributed by atoms with Crippen molar-refractivity contribution in [2.75, 3.05) is 7.11 Å². The second-order valence-corrected chi connectivity index (χ2v) is 9.34. The van der Waals surface area contributed by atoms with E-state index in [-0.39, 0.29) is 24.8 Å². The molecule has 8 nitrogen and oxygen atoms in total. The molecule has 1 aliphatic heterocycles. The van der Waals surface area contributed by atoms with Crippen LogP contribution in [0.2, 0.25) is 5.02 Å². The van der Waals surface area contributed by atoms with Gasteiger partial charge in [-0.3, -0.25) is 14.4 Å². The minimum Gasteiger partial charge on any atom is -0.496 e. The van der Waals surface area contributed by atoms with Crippen molar-refractivity contribution in [1.82, 2.24) is 9.99 Å². The van der Waals surface area contributed by atoms with E-state index in [1.165, 1.54) is 12.1 Å². The van der Waals surface area contributed by atoms with E-state index in [2.05, 4.69) is 10.1 Å². The molecule has 0 aliphatic carbocycles. The summed E-state index contributed by atoms with van der Waals surface area (Å²) < 4.78 is 5.55. The number of hydrogen-bond donors (Lipinski definition) is 2. The summed E-state index contributed by atoms with van der Waals surface area (Å²) in [4.78, 5) is 40.9. The monoisotopic (exact) mass is 529 g/mol. The van der Waals surface area contributed by atoms with Crippen LogP contribution in [0.15, 0.2) is 82.7 Å². The third kappa shape index (κ3) is 4.78. The standard InChI is InChI=1S/C29H24ClN3O5/c1-38-24-10-6-5-9-19(24)23-16-22(32-33(23)25(34)13-14-26(35)36)28-27(17-7-3-2-4-8-17)20-15-18(30)11-12-21(20)31-29(28)37/h2-12,15,23H,13-14,16H2,1H3,(H,31,37)(H,35,36)/t23-/m1/s1. The van der Waals surface area contributed by atoms with Gasteiger partial charge in [0.2, 0.25) is 5.91 Å². The van der Waals surface area contributed by atoms with Crippen LogP contribution in [0.5, 0.6) is 5.75 Å². The maximum absolute atomic E-state index is 13.6. The Labute approximate surface area is 223 Å². The number of benzene rings is 3. The number of aliphatic carboxylic acids is 1. The second-order valence-electron chi connectivity index (χ2n) is 8.90. The summed E-state index contributed by atoms with van der Waals surface area (Å²) in [6.07, 6.45) is -0.329. The average Bonchev–Trinajstić information content (AvgIpc) is 3.36. The van der Waals surface area contributed by atoms with E-state index in [0.29, 0.717) is 38.7 Å². The molecule has 0 unspecified atom stereocenters. The van der Waals surface area contributed by atoms with Gasteiger partial charge in [0, 0.05) is 39.9 Å². The molecule has 0 spiro atoms. The van der Waals surface area contributed by atoms with Gasteiger partial charge in [0.1, 0.15) is 5.75 Å². The van der Waals surface area contributed by atoms with Crippen molar-refractivity contribution in [2.45, 2.75) is 25.3 Å². The predicted molar refractivity (Wildman–Crippen MR) is 146 cm³/mol. The Bertz CT molecular complexity index is 1630. The Balaban J connectivity index is 1.71. The minimum atomic E-state index is -1.08. The fourth-order valence-corrected chi connectivity index (χ4v) is 5.02.